The van der Waals surface area contributed by atoms with E-state index in [1.165, 1.54) is 0 Å². The number of azide groups is 1. The SMILES string of the molecule is [N-]=[N+]=NCC#Cc1ccc(F)cc1C(F)(F)F. The number of hydrogen-bond donors (Lipinski definition) is 0. The fraction of sp³-hybridized carbons (Fsp3) is 0.200. The van der Waals surface area contributed by atoms with Gasteiger partial charge in [-0.3, -0.25) is 0 Å². The van der Waals surface area contributed by atoms with E-state index in [0.29, 0.717) is 6.07 Å². The minimum absolute atomic E-state index is 0.245. The third kappa shape index (κ3) is 3.70. The number of halogens is 4. The molecule has 0 amide bonds. The molecule has 88 valence electrons. The van der Waals surface area contributed by atoms with Crippen molar-refractivity contribution in [3.63, 3.8) is 0 Å². The summed E-state index contributed by atoms with van der Waals surface area (Å²) in [6.07, 6.45) is -4.68. The van der Waals surface area contributed by atoms with Crippen LogP contribution in [0.15, 0.2) is 23.3 Å². The Kier molecular flexibility index (Phi) is 3.96. The van der Waals surface area contributed by atoms with Gasteiger partial charge in [-0.25, -0.2) is 4.39 Å². The first-order chi connectivity index (χ1) is 7.95. The summed E-state index contributed by atoms with van der Waals surface area (Å²) >= 11 is 0. The molecule has 0 bridgehead atoms. The van der Waals surface area contributed by atoms with Crippen LogP contribution in [0.2, 0.25) is 0 Å². The van der Waals surface area contributed by atoms with E-state index in [-0.39, 0.29) is 12.1 Å². The number of benzene rings is 1. The molecule has 0 radical (unpaired) electrons. The summed E-state index contributed by atoms with van der Waals surface area (Å²) < 4.78 is 50.2. The lowest BCUT2D eigenvalue weighted by molar-refractivity contribution is -0.137. The standard InChI is InChI=1S/C10H5F4N3/c11-8-4-3-7(2-1-5-16-17-15)9(6-8)10(12,13)14/h3-4,6H,5H2. The molecule has 17 heavy (non-hydrogen) atoms. The number of alkyl halides is 3. The van der Waals surface area contributed by atoms with Crippen LogP contribution in [0, 0.1) is 17.7 Å². The van der Waals surface area contributed by atoms with E-state index in [1.54, 1.807) is 0 Å². The summed E-state index contributed by atoms with van der Waals surface area (Å²) in [5.74, 6) is 3.43. The van der Waals surface area contributed by atoms with Gasteiger partial charge in [0.25, 0.3) is 0 Å². The van der Waals surface area contributed by atoms with Gasteiger partial charge in [-0.15, -0.1) is 0 Å². The average Bonchev–Trinajstić information content (AvgIpc) is 2.25. The minimum atomic E-state index is -4.68. The molecular weight excluding hydrogens is 238 g/mol. The van der Waals surface area contributed by atoms with Crippen LogP contribution in [-0.2, 0) is 6.18 Å². The van der Waals surface area contributed by atoms with Crippen molar-refractivity contribution < 1.29 is 17.6 Å². The number of rotatable bonds is 1. The van der Waals surface area contributed by atoms with Crippen LogP contribution in [0.5, 0.6) is 0 Å². The fourth-order valence-corrected chi connectivity index (χ4v) is 1.06. The van der Waals surface area contributed by atoms with Crippen molar-refractivity contribution in [1.29, 1.82) is 0 Å². The Morgan fingerprint density at radius 2 is 2.06 bits per heavy atom. The van der Waals surface area contributed by atoms with Crippen LogP contribution in [0.25, 0.3) is 10.4 Å². The number of nitrogens with zero attached hydrogens (tertiary/aromatic N) is 3. The third-order valence-electron chi connectivity index (χ3n) is 1.72. The van der Waals surface area contributed by atoms with Gasteiger partial charge in [-0.05, 0) is 23.7 Å². The monoisotopic (exact) mass is 243 g/mol. The Morgan fingerprint density at radius 1 is 1.35 bits per heavy atom. The molecular formula is C10H5F4N3. The highest BCUT2D eigenvalue weighted by Gasteiger charge is 2.33. The largest absolute Gasteiger partial charge is 0.417 e. The Balaban J connectivity index is 3.14. The molecule has 0 atom stereocenters. The molecule has 0 unspecified atom stereocenters. The van der Waals surface area contributed by atoms with Crippen LogP contribution in [0.3, 0.4) is 0 Å². The second kappa shape index (κ2) is 5.23. The van der Waals surface area contributed by atoms with E-state index in [2.05, 4.69) is 21.9 Å². The van der Waals surface area contributed by atoms with Gasteiger partial charge in [0, 0.05) is 10.5 Å². The van der Waals surface area contributed by atoms with Gasteiger partial charge in [-0.1, -0.05) is 17.0 Å². The molecule has 0 N–H and O–H groups in total. The van der Waals surface area contributed by atoms with Gasteiger partial charge in [-0.2, -0.15) is 13.2 Å². The van der Waals surface area contributed by atoms with Crippen LogP contribution in [-0.4, -0.2) is 6.54 Å². The molecule has 0 heterocycles. The lowest BCUT2D eigenvalue weighted by Gasteiger charge is -2.08. The first kappa shape index (κ1) is 12.9. The molecule has 0 fully saturated rings. The third-order valence-corrected chi connectivity index (χ3v) is 1.72. The van der Waals surface area contributed by atoms with Gasteiger partial charge < -0.3 is 0 Å². The molecule has 0 spiro atoms. The second-order valence-corrected chi connectivity index (χ2v) is 2.88. The molecule has 0 aliphatic carbocycles. The molecule has 1 aromatic rings. The highest BCUT2D eigenvalue weighted by atomic mass is 19.4. The molecule has 0 aliphatic heterocycles. The van der Waals surface area contributed by atoms with Crippen molar-refractivity contribution in [3.8, 4) is 11.8 Å². The fourth-order valence-electron chi connectivity index (χ4n) is 1.06. The van der Waals surface area contributed by atoms with Crippen LogP contribution < -0.4 is 0 Å². The molecule has 0 saturated heterocycles. The highest BCUT2D eigenvalue weighted by molar-refractivity contribution is 5.43. The predicted molar refractivity (Wildman–Crippen MR) is 52.3 cm³/mol. The molecule has 1 rings (SSSR count). The summed E-state index contributed by atoms with van der Waals surface area (Å²) in [5, 5.41) is 3.05. The van der Waals surface area contributed by atoms with E-state index in [0.717, 1.165) is 12.1 Å². The Morgan fingerprint density at radius 3 is 2.65 bits per heavy atom. The van der Waals surface area contributed by atoms with E-state index in [9.17, 15) is 17.6 Å². The maximum absolute atomic E-state index is 12.7. The van der Waals surface area contributed by atoms with E-state index in [1.807, 2.05) is 0 Å². The summed E-state index contributed by atoms with van der Waals surface area (Å²) in [6.45, 7) is -0.245. The van der Waals surface area contributed by atoms with E-state index >= 15 is 0 Å². The Hall–Kier alpha value is -2.19. The van der Waals surface area contributed by atoms with Gasteiger partial charge in [0.15, 0.2) is 0 Å². The summed E-state index contributed by atoms with van der Waals surface area (Å²) in [5.41, 5.74) is 6.44. The van der Waals surface area contributed by atoms with Gasteiger partial charge in [0.05, 0.1) is 12.1 Å². The van der Waals surface area contributed by atoms with Crippen molar-refractivity contribution in [2.75, 3.05) is 6.54 Å². The molecule has 1 aromatic carbocycles. The normalized spacial score (nSPS) is 10.1. The highest BCUT2D eigenvalue weighted by Crippen LogP contribution is 2.32. The van der Waals surface area contributed by atoms with Crippen molar-refractivity contribution in [2.45, 2.75) is 6.18 Å². The van der Waals surface area contributed by atoms with Gasteiger partial charge in [0.1, 0.15) is 5.82 Å². The average molecular weight is 243 g/mol. The van der Waals surface area contributed by atoms with Gasteiger partial charge in [0.2, 0.25) is 0 Å². The van der Waals surface area contributed by atoms with Gasteiger partial charge >= 0.3 is 6.18 Å². The Bertz CT molecular complexity index is 519. The first-order valence-electron chi connectivity index (χ1n) is 4.31. The Labute approximate surface area is 93.7 Å². The first-order valence-corrected chi connectivity index (χ1v) is 4.31. The van der Waals surface area contributed by atoms with Crippen LogP contribution >= 0.6 is 0 Å². The summed E-state index contributed by atoms with van der Waals surface area (Å²) in [7, 11) is 0. The minimum Gasteiger partial charge on any atom is -0.207 e. The zero-order valence-corrected chi connectivity index (χ0v) is 8.29. The summed E-state index contributed by atoms with van der Waals surface area (Å²) in [4.78, 5) is 2.39. The van der Waals surface area contributed by atoms with E-state index in [4.69, 9.17) is 5.53 Å². The smallest absolute Gasteiger partial charge is 0.207 e. The zero-order valence-electron chi connectivity index (χ0n) is 8.29. The second-order valence-electron chi connectivity index (χ2n) is 2.88. The lowest BCUT2D eigenvalue weighted by atomic mass is 10.1. The topological polar surface area (TPSA) is 48.8 Å². The van der Waals surface area contributed by atoms with Crippen molar-refractivity contribution in [3.05, 3.63) is 45.6 Å². The maximum Gasteiger partial charge on any atom is 0.417 e. The van der Waals surface area contributed by atoms with Crippen molar-refractivity contribution in [2.24, 2.45) is 5.11 Å². The maximum atomic E-state index is 12.7. The van der Waals surface area contributed by atoms with Crippen molar-refractivity contribution in [1.82, 2.24) is 0 Å². The molecule has 3 nitrogen and oxygen atoms in total. The van der Waals surface area contributed by atoms with E-state index < -0.39 is 17.6 Å². The molecule has 0 aliphatic rings. The van der Waals surface area contributed by atoms with Crippen molar-refractivity contribution >= 4 is 0 Å². The van der Waals surface area contributed by atoms with Crippen LogP contribution in [0.4, 0.5) is 17.6 Å². The zero-order chi connectivity index (χ0) is 12.9. The quantitative estimate of drug-likeness (QED) is 0.238. The molecule has 7 heteroatoms. The predicted octanol–water partition coefficient (Wildman–Crippen LogP) is 3.51. The van der Waals surface area contributed by atoms with Crippen LogP contribution in [0.1, 0.15) is 11.1 Å². The summed E-state index contributed by atoms with van der Waals surface area (Å²) in [6, 6.07) is 2.19. The molecule has 0 saturated carbocycles. The number of hydrogen-bond acceptors (Lipinski definition) is 1. The molecule has 0 aromatic heterocycles. The lowest BCUT2D eigenvalue weighted by Crippen LogP contribution is -2.08.